The zero-order chi connectivity index (χ0) is 18.7. The monoisotopic (exact) mass is 414 g/mol. The van der Waals surface area contributed by atoms with Crippen LogP contribution in [-0.4, -0.2) is 23.9 Å². The van der Waals surface area contributed by atoms with E-state index in [1.54, 1.807) is 30.3 Å². The van der Waals surface area contributed by atoms with Crippen molar-refractivity contribution in [2.45, 2.75) is 19.4 Å². The molecular weight excluding hydrogens is 398 g/mol. The highest BCUT2D eigenvalue weighted by atomic mass is 35.5. The number of anilines is 1. The third kappa shape index (κ3) is 4.49. The van der Waals surface area contributed by atoms with E-state index >= 15 is 0 Å². The Balaban J connectivity index is 1.56. The summed E-state index contributed by atoms with van der Waals surface area (Å²) in [5.41, 5.74) is 1.02. The summed E-state index contributed by atoms with van der Waals surface area (Å²) in [6.45, 7) is 1.85. The van der Waals surface area contributed by atoms with Gasteiger partial charge in [0.15, 0.2) is 0 Å². The second-order valence-electron chi connectivity index (χ2n) is 6.34. The van der Waals surface area contributed by atoms with E-state index in [0.29, 0.717) is 58.8 Å². The molecule has 0 unspecified atom stereocenters. The van der Waals surface area contributed by atoms with Gasteiger partial charge in [0.2, 0.25) is 5.91 Å². The van der Waals surface area contributed by atoms with Crippen molar-refractivity contribution in [3.8, 4) is 0 Å². The standard InChI is InChI=1S/C19H18Cl3FN2O/c20-14-3-1-5-16(23)13(14)11-25-9-7-12(8-10-25)19(26)24-17-6-2-4-15(21)18(17)22/h1-6,12H,7-11H2,(H,24,26). The Morgan fingerprint density at radius 1 is 1.08 bits per heavy atom. The van der Waals surface area contributed by atoms with E-state index in [-0.39, 0.29) is 17.6 Å². The van der Waals surface area contributed by atoms with Crippen molar-refractivity contribution in [1.29, 1.82) is 0 Å². The van der Waals surface area contributed by atoms with Crippen molar-refractivity contribution < 1.29 is 9.18 Å². The highest BCUT2D eigenvalue weighted by Gasteiger charge is 2.26. The average molecular weight is 416 g/mol. The first-order valence-corrected chi connectivity index (χ1v) is 9.49. The lowest BCUT2D eigenvalue weighted by atomic mass is 9.95. The summed E-state index contributed by atoms with van der Waals surface area (Å²) in [6, 6.07) is 9.83. The quantitative estimate of drug-likeness (QED) is 0.701. The summed E-state index contributed by atoms with van der Waals surface area (Å²) < 4.78 is 13.9. The zero-order valence-electron chi connectivity index (χ0n) is 13.9. The molecule has 0 spiro atoms. The molecule has 0 bridgehead atoms. The summed E-state index contributed by atoms with van der Waals surface area (Å²) in [4.78, 5) is 14.6. The average Bonchev–Trinajstić information content (AvgIpc) is 2.63. The molecule has 1 saturated heterocycles. The Kier molecular flexibility index (Phi) is 6.41. The van der Waals surface area contributed by atoms with Gasteiger partial charge in [0.25, 0.3) is 0 Å². The van der Waals surface area contributed by atoms with Crippen LogP contribution in [-0.2, 0) is 11.3 Å². The van der Waals surface area contributed by atoms with Gasteiger partial charge in [-0.3, -0.25) is 9.69 Å². The van der Waals surface area contributed by atoms with Crippen LogP contribution < -0.4 is 5.32 Å². The SMILES string of the molecule is O=C(Nc1cccc(Cl)c1Cl)C1CCN(Cc2c(F)cccc2Cl)CC1. The van der Waals surface area contributed by atoms with Gasteiger partial charge in [-0.2, -0.15) is 0 Å². The number of rotatable bonds is 4. The van der Waals surface area contributed by atoms with E-state index in [2.05, 4.69) is 10.2 Å². The molecule has 0 aliphatic carbocycles. The molecule has 3 nitrogen and oxygen atoms in total. The lowest BCUT2D eigenvalue weighted by molar-refractivity contribution is -0.121. The molecule has 26 heavy (non-hydrogen) atoms. The number of likely N-dealkylation sites (tertiary alicyclic amines) is 1. The number of carbonyl (C=O) groups is 1. The maximum Gasteiger partial charge on any atom is 0.227 e. The molecule has 1 fully saturated rings. The van der Waals surface area contributed by atoms with Crippen molar-refractivity contribution in [2.75, 3.05) is 18.4 Å². The van der Waals surface area contributed by atoms with E-state index in [0.717, 1.165) is 0 Å². The molecule has 0 radical (unpaired) electrons. The van der Waals surface area contributed by atoms with Crippen LogP contribution in [0.5, 0.6) is 0 Å². The molecule has 2 aromatic rings. The van der Waals surface area contributed by atoms with E-state index in [4.69, 9.17) is 34.8 Å². The van der Waals surface area contributed by atoms with Gasteiger partial charge in [-0.1, -0.05) is 46.9 Å². The molecule has 1 amide bonds. The van der Waals surface area contributed by atoms with Gasteiger partial charge in [-0.05, 0) is 50.2 Å². The van der Waals surface area contributed by atoms with Gasteiger partial charge in [-0.15, -0.1) is 0 Å². The number of benzene rings is 2. The van der Waals surface area contributed by atoms with Crippen LogP contribution in [0.2, 0.25) is 15.1 Å². The van der Waals surface area contributed by atoms with Crippen molar-refractivity contribution in [3.63, 3.8) is 0 Å². The molecule has 1 N–H and O–H groups in total. The van der Waals surface area contributed by atoms with Crippen molar-refractivity contribution >= 4 is 46.4 Å². The van der Waals surface area contributed by atoms with Crippen LogP contribution in [0.1, 0.15) is 18.4 Å². The molecule has 1 aliphatic rings. The molecule has 0 atom stereocenters. The normalized spacial score (nSPS) is 15.8. The van der Waals surface area contributed by atoms with Gasteiger partial charge < -0.3 is 5.32 Å². The number of hydrogen-bond acceptors (Lipinski definition) is 2. The van der Waals surface area contributed by atoms with Gasteiger partial charge in [-0.25, -0.2) is 4.39 Å². The molecule has 3 rings (SSSR count). The van der Waals surface area contributed by atoms with Gasteiger partial charge in [0.05, 0.1) is 15.7 Å². The first kappa shape index (κ1) is 19.4. The van der Waals surface area contributed by atoms with E-state index < -0.39 is 0 Å². The first-order valence-electron chi connectivity index (χ1n) is 8.36. The number of nitrogens with one attached hydrogen (secondary N) is 1. The van der Waals surface area contributed by atoms with E-state index in [1.165, 1.54) is 6.07 Å². The number of amides is 1. The lowest BCUT2D eigenvalue weighted by Crippen LogP contribution is -2.38. The number of nitrogens with zero attached hydrogens (tertiary/aromatic N) is 1. The second-order valence-corrected chi connectivity index (χ2v) is 7.53. The minimum atomic E-state index is -0.298. The Labute approximate surface area is 167 Å². The fraction of sp³-hybridized carbons (Fsp3) is 0.316. The number of piperidine rings is 1. The highest BCUT2D eigenvalue weighted by Crippen LogP contribution is 2.31. The Hall–Kier alpha value is -1.33. The van der Waals surface area contributed by atoms with Crippen LogP contribution in [0, 0.1) is 11.7 Å². The van der Waals surface area contributed by atoms with Crippen molar-refractivity contribution in [2.24, 2.45) is 5.92 Å². The topological polar surface area (TPSA) is 32.3 Å². The highest BCUT2D eigenvalue weighted by molar-refractivity contribution is 6.44. The number of carbonyl (C=O) groups excluding carboxylic acids is 1. The summed E-state index contributed by atoms with van der Waals surface area (Å²) in [7, 11) is 0. The largest absolute Gasteiger partial charge is 0.324 e. The number of halogens is 4. The second kappa shape index (κ2) is 8.57. The van der Waals surface area contributed by atoms with Gasteiger partial charge >= 0.3 is 0 Å². The third-order valence-corrected chi connectivity index (χ3v) is 5.78. The predicted molar refractivity (Wildman–Crippen MR) is 105 cm³/mol. The van der Waals surface area contributed by atoms with Crippen LogP contribution >= 0.6 is 34.8 Å². The van der Waals surface area contributed by atoms with Gasteiger partial charge in [0, 0.05) is 23.0 Å². The molecule has 0 aromatic heterocycles. The minimum Gasteiger partial charge on any atom is -0.324 e. The molecule has 0 saturated carbocycles. The molecule has 2 aromatic carbocycles. The molecule has 7 heteroatoms. The molecule has 1 aliphatic heterocycles. The smallest absolute Gasteiger partial charge is 0.227 e. The summed E-state index contributed by atoms with van der Waals surface area (Å²) in [5, 5.41) is 4.03. The summed E-state index contributed by atoms with van der Waals surface area (Å²) in [5.74, 6) is -0.483. The lowest BCUT2D eigenvalue weighted by Gasteiger charge is -2.31. The Bertz CT molecular complexity index is 787. The fourth-order valence-corrected chi connectivity index (χ4v) is 3.67. The predicted octanol–water partition coefficient (Wildman–Crippen LogP) is 5.64. The van der Waals surface area contributed by atoms with Gasteiger partial charge in [0.1, 0.15) is 5.82 Å². The van der Waals surface area contributed by atoms with Crippen LogP contribution in [0.3, 0.4) is 0 Å². The third-order valence-electron chi connectivity index (χ3n) is 4.61. The Morgan fingerprint density at radius 2 is 1.73 bits per heavy atom. The summed E-state index contributed by atoms with van der Waals surface area (Å²) >= 11 is 18.2. The fourth-order valence-electron chi connectivity index (χ4n) is 3.10. The maximum absolute atomic E-state index is 13.9. The van der Waals surface area contributed by atoms with E-state index in [9.17, 15) is 9.18 Å². The first-order chi connectivity index (χ1) is 12.5. The molecule has 1 heterocycles. The van der Waals surface area contributed by atoms with Crippen LogP contribution in [0.15, 0.2) is 36.4 Å². The molecular formula is C19H18Cl3FN2O. The number of hydrogen-bond donors (Lipinski definition) is 1. The van der Waals surface area contributed by atoms with Crippen LogP contribution in [0.25, 0.3) is 0 Å². The van der Waals surface area contributed by atoms with Crippen molar-refractivity contribution in [1.82, 2.24) is 4.90 Å². The maximum atomic E-state index is 13.9. The van der Waals surface area contributed by atoms with Crippen LogP contribution in [0.4, 0.5) is 10.1 Å². The Morgan fingerprint density at radius 3 is 2.42 bits per heavy atom. The minimum absolute atomic E-state index is 0.0715. The zero-order valence-corrected chi connectivity index (χ0v) is 16.2. The summed E-state index contributed by atoms with van der Waals surface area (Å²) in [6.07, 6.45) is 1.38. The van der Waals surface area contributed by atoms with E-state index in [1.807, 2.05) is 0 Å². The van der Waals surface area contributed by atoms with Crippen molar-refractivity contribution in [3.05, 3.63) is 62.8 Å². The molecule has 138 valence electrons.